The maximum Gasteiger partial charge on any atom is 0.345 e. The summed E-state index contributed by atoms with van der Waals surface area (Å²) in [4.78, 5) is 49.5. The van der Waals surface area contributed by atoms with Crippen LogP contribution in [0, 0.1) is 0 Å². The molecule has 12 heteroatoms. The average Bonchev–Trinajstić information content (AvgIpc) is 2.97. The van der Waals surface area contributed by atoms with Gasteiger partial charge in [-0.05, 0) is 72.8 Å². The van der Waals surface area contributed by atoms with Crippen LogP contribution in [0.5, 0.6) is 35.3 Å². The van der Waals surface area contributed by atoms with Crippen molar-refractivity contribution in [1.82, 2.24) is 15.0 Å². The number of aromatic nitrogens is 3. The summed E-state index contributed by atoms with van der Waals surface area (Å²) >= 11 is 0. The summed E-state index contributed by atoms with van der Waals surface area (Å²) in [6.07, 6.45) is 0. The first-order chi connectivity index (χ1) is 18.9. The molecule has 0 N–H and O–H groups in total. The molecule has 1 aromatic heterocycles. The minimum absolute atomic E-state index is 0.157. The van der Waals surface area contributed by atoms with Crippen LogP contribution in [-0.2, 0) is 0 Å². The smallest absolute Gasteiger partial charge is 0.345 e. The molecule has 0 saturated carbocycles. The fourth-order valence-electron chi connectivity index (χ4n) is 3.06. The van der Waals surface area contributed by atoms with Gasteiger partial charge < -0.3 is 28.4 Å². The SMILES string of the molecule is COc1ccc(C(=O)Oc2nc(OC(=O)c3ccc(OC)cc3)nc(OC(=O)c3ccc(OC)cc3)n2)cc1. The molecule has 0 bridgehead atoms. The third-order valence-electron chi connectivity index (χ3n) is 5.10. The van der Waals surface area contributed by atoms with Gasteiger partial charge in [-0.25, -0.2) is 14.4 Å². The van der Waals surface area contributed by atoms with Crippen LogP contribution >= 0.6 is 0 Å². The van der Waals surface area contributed by atoms with Gasteiger partial charge in [-0.1, -0.05) is 0 Å². The predicted octanol–water partition coefficient (Wildman–Crippen LogP) is 3.56. The summed E-state index contributed by atoms with van der Waals surface area (Å²) in [7, 11) is 4.46. The molecule has 0 radical (unpaired) electrons. The Morgan fingerprint density at radius 3 is 0.872 bits per heavy atom. The molecule has 3 aromatic carbocycles. The van der Waals surface area contributed by atoms with Crippen molar-refractivity contribution in [3.63, 3.8) is 0 Å². The largest absolute Gasteiger partial charge is 0.497 e. The van der Waals surface area contributed by atoms with Crippen molar-refractivity contribution < 1.29 is 42.8 Å². The molecule has 0 aliphatic rings. The molecule has 0 aliphatic heterocycles. The Kier molecular flexibility index (Phi) is 8.27. The summed E-state index contributed by atoms with van der Waals surface area (Å²) in [5, 5.41) is 0. The van der Waals surface area contributed by atoms with Crippen molar-refractivity contribution in [2.24, 2.45) is 0 Å². The van der Waals surface area contributed by atoms with Crippen LogP contribution < -0.4 is 28.4 Å². The van der Waals surface area contributed by atoms with E-state index in [1.807, 2.05) is 0 Å². The highest BCUT2D eigenvalue weighted by Gasteiger charge is 2.20. The maximum absolute atomic E-state index is 12.6. The van der Waals surface area contributed by atoms with Gasteiger partial charge in [-0.3, -0.25) is 0 Å². The summed E-state index contributed by atoms with van der Waals surface area (Å²) < 4.78 is 30.9. The van der Waals surface area contributed by atoms with E-state index in [4.69, 9.17) is 28.4 Å². The standard InChI is InChI=1S/C27H21N3O9/c1-34-19-10-4-16(5-11-19)22(31)37-25-28-26(38-23(32)17-6-12-20(35-2)13-7-17)30-27(29-25)39-24(33)18-8-14-21(36-3)15-9-18/h4-15H,1-3H3. The molecule has 1 heterocycles. The summed E-state index contributed by atoms with van der Waals surface area (Å²) in [6.45, 7) is 0. The van der Waals surface area contributed by atoms with Crippen molar-refractivity contribution in [3.05, 3.63) is 89.5 Å². The third-order valence-corrected chi connectivity index (χ3v) is 5.10. The minimum atomic E-state index is -0.830. The number of esters is 3. The van der Waals surface area contributed by atoms with Gasteiger partial charge in [-0.2, -0.15) is 0 Å². The van der Waals surface area contributed by atoms with E-state index in [1.165, 1.54) is 57.7 Å². The molecule has 39 heavy (non-hydrogen) atoms. The molecule has 0 saturated heterocycles. The quantitative estimate of drug-likeness (QED) is 0.291. The second kappa shape index (κ2) is 12.1. The number of carbonyl (C=O) groups is 3. The zero-order valence-electron chi connectivity index (χ0n) is 20.9. The number of hydrogen-bond donors (Lipinski definition) is 0. The highest BCUT2D eigenvalue weighted by Crippen LogP contribution is 2.20. The Morgan fingerprint density at radius 1 is 0.436 bits per heavy atom. The Labute approximate surface area is 222 Å². The van der Waals surface area contributed by atoms with Crippen LogP contribution in [0.2, 0.25) is 0 Å². The summed E-state index contributed by atoms with van der Waals surface area (Å²) in [5.74, 6) is -0.886. The molecular formula is C27H21N3O9. The van der Waals surface area contributed by atoms with E-state index in [-0.39, 0.29) is 16.7 Å². The number of benzene rings is 3. The van der Waals surface area contributed by atoms with Gasteiger partial charge in [-0.15, -0.1) is 15.0 Å². The molecule has 4 aromatic rings. The summed E-state index contributed by atoms with van der Waals surface area (Å²) in [6, 6.07) is 16.5. The van der Waals surface area contributed by atoms with E-state index in [9.17, 15) is 14.4 Å². The van der Waals surface area contributed by atoms with Crippen molar-refractivity contribution in [2.45, 2.75) is 0 Å². The fraction of sp³-hybridized carbons (Fsp3) is 0.111. The van der Waals surface area contributed by atoms with Crippen LogP contribution in [0.25, 0.3) is 0 Å². The van der Waals surface area contributed by atoms with E-state index in [1.54, 1.807) is 36.4 Å². The normalized spacial score (nSPS) is 10.2. The lowest BCUT2D eigenvalue weighted by molar-refractivity contribution is 0.0690. The fourth-order valence-corrected chi connectivity index (χ4v) is 3.06. The zero-order valence-corrected chi connectivity index (χ0v) is 20.9. The molecule has 0 amide bonds. The molecule has 0 aliphatic carbocycles. The van der Waals surface area contributed by atoms with Gasteiger partial charge in [0.05, 0.1) is 38.0 Å². The zero-order chi connectivity index (χ0) is 27.8. The van der Waals surface area contributed by atoms with E-state index in [0.717, 1.165) is 0 Å². The van der Waals surface area contributed by atoms with Gasteiger partial charge >= 0.3 is 35.9 Å². The van der Waals surface area contributed by atoms with Crippen LogP contribution in [-0.4, -0.2) is 54.2 Å². The second-order valence-electron chi connectivity index (χ2n) is 7.54. The predicted molar refractivity (Wildman–Crippen MR) is 134 cm³/mol. The number of ether oxygens (including phenoxy) is 6. The van der Waals surface area contributed by atoms with Crippen molar-refractivity contribution in [2.75, 3.05) is 21.3 Å². The van der Waals surface area contributed by atoms with E-state index >= 15 is 0 Å². The highest BCUT2D eigenvalue weighted by molar-refractivity contribution is 5.92. The van der Waals surface area contributed by atoms with Crippen LogP contribution in [0.15, 0.2) is 72.8 Å². The second-order valence-corrected chi connectivity index (χ2v) is 7.54. The van der Waals surface area contributed by atoms with Gasteiger partial charge in [0.25, 0.3) is 0 Å². The molecule has 4 rings (SSSR count). The van der Waals surface area contributed by atoms with Crippen LogP contribution in [0.1, 0.15) is 31.1 Å². The average molecular weight is 531 g/mol. The molecule has 198 valence electrons. The molecule has 12 nitrogen and oxygen atoms in total. The first kappa shape index (κ1) is 26.5. The number of rotatable bonds is 9. The number of carbonyl (C=O) groups excluding carboxylic acids is 3. The Balaban J connectivity index is 1.59. The molecular weight excluding hydrogens is 510 g/mol. The van der Waals surface area contributed by atoms with Crippen molar-refractivity contribution >= 4 is 17.9 Å². The summed E-state index contributed by atoms with van der Waals surface area (Å²) in [5.41, 5.74) is 0.472. The third kappa shape index (κ3) is 6.83. The number of nitrogens with zero attached hydrogens (tertiary/aromatic N) is 3. The molecule has 0 fully saturated rings. The van der Waals surface area contributed by atoms with E-state index in [2.05, 4.69) is 15.0 Å². The molecule has 0 spiro atoms. The van der Waals surface area contributed by atoms with Gasteiger partial charge in [0.2, 0.25) is 0 Å². The Bertz CT molecular complexity index is 1280. The monoisotopic (exact) mass is 531 g/mol. The number of hydrogen-bond acceptors (Lipinski definition) is 12. The topological polar surface area (TPSA) is 145 Å². The maximum atomic E-state index is 12.6. The van der Waals surface area contributed by atoms with Gasteiger partial charge in [0.15, 0.2) is 0 Å². The van der Waals surface area contributed by atoms with Crippen molar-refractivity contribution in [3.8, 4) is 35.3 Å². The van der Waals surface area contributed by atoms with Crippen molar-refractivity contribution in [1.29, 1.82) is 0 Å². The minimum Gasteiger partial charge on any atom is -0.497 e. The van der Waals surface area contributed by atoms with Gasteiger partial charge in [0, 0.05) is 0 Å². The Hall–Kier alpha value is -5.52. The lowest BCUT2D eigenvalue weighted by Gasteiger charge is -2.09. The van der Waals surface area contributed by atoms with Crippen LogP contribution in [0.3, 0.4) is 0 Å². The molecule has 0 unspecified atom stereocenters. The first-order valence-corrected chi connectivity index (χ1v) is 11.2. The lowest BCUT2D eigenvalue weighted by Crippen LogP contribution is -2.17. The number of methoxy groups -OCH3 is 3. The van der Waals surface area contributed by atoms with Gasteiger partial charge in [0.1, 0.15) is 17.2 Å². The molecule has 0 atom stereocenters. The van der Waals surface area contributed by atoms with E-state index < -0.39 is 35.9 Å². The Morgan fingerprint density at radius 2 is 0.667 bits per heavy atom. The lowest BCUT2D eigenvalue weighted by atomic mass is 10.2. The van der Waals surface area contributed by atoms with Crippen LogP contribution in [0.4, 0.5) is 0 Å². The van der Waals surface area contributed by atoms with E-state index in [0.29, 0.717) is 17.2 Å². The highest BCUT2D eigenvalue weighted by atomic mass is 16.6. The first-order valence-electron chi connectivity index (χ1n) is 11.2.